The third-order valence-corrected chi connectivity index (χ3v) is 3.91. The van der Waals surface area contributed by atoms with Gasteiger partial charge in [-0.25, -0.2) is 0 Å². The number of thioether (sulfide) groups is 1. The highest BCUT2D eigenvalue weighted by Crippen LogP contribution is 2.33. The molecule has 0 aliphatic carbocycles. The van der Waals surface area contributed by atoms with E-state index in [1.54, 1.807) is 11.8 Å². The minimum absolute atomic E-state index is 0.127. The maximum Gasteiger partial charge on any atom is 0.0576 e. The molecule has 0 aromatic heterocycles. The first-order chi connectivity index (χ1) is 8.00. The van der Waals surface area contributed by atoms with Gasteiger partial charge in [-0.1, -0.05) is 29.8 Å². The number of aryl methyl sites for hydroxylation is 1. The van der Waals surface area contributed by atoms with Crippen molar-refractivity contribution >= 4 is 22.5 Å². The molecule has 90 valence electrons. The van der Waals surface area contributed by atoms with Gasteiger partial charge in [-0.2, -0.15) is 0 Å². The number of rotatable bonds is 3. The fraction of sp³-hybridized carbons (Fsp3) is 0.333. The summed E-state index contributed by atoms with van der Waals surface area (Å²) in [6, 6.07) is 13.0. The van der Waals surface area contributed by atoms with Gasteiger partial charge >= 0.3 is 0 Å². The van der Waals surface area contributed by atoms with Crippen LogP contribution >= 0.6 is 11.8 Å². The Balaban J connectivity index is 2.35. The number of hydrogen-bond acceptors (Lipinski definition) is 2. The Morgan fingerprint density at radius 2 is 1.71 bits per heavy atom. The number of hydrogen-bond donors (Lipinski definition) is 1. The Bertz CT molecular complexity index is 531. The van der Waals surface area contributed by atoms with Crippen molar-refractivity contribution in [3.8, 4) is 0 Å². The van der Waals surface area contributed by atoms with Crippen molar-refractivity contribution in [2.45, 2.75) is 30.4 Å². The number of fused-ring (bicyclic) bond motifs is 1. The second kappa shape index (κ2) is 4.71. The summed E-state index contributed by atoms with van der Waals surface area (Å²) in [5.74, 6) is 0. The van der Waals surface area contributed by atoms with E-state index in [1.165, 1.54) is 21.2 Å². The Kier molecular flexibility index (Phi) is 3.45. The van der Waals surface area contributed by atoms with Gasteiger partial charge < -0.3 is 5.11 Å². The van der Waals surface area contributed by atoms with Gasteiger partial charge in [0.25, 0.3) is 0 Å². The van der Waals surface area contributed by atoms with Crippen molar-refractivity contribution in [1.82, 2.24) is 0 Å². The van der Waals surface area contributed by atoms with Crippen LogP contribution < -0.4 is 0 Å². The van der Waals surface area contributed by atoms with Crippen LogP contribution in [0.3, 0.4) is 0 Å². The number of benzene rings is 2. The van der Waals surface area contributed by atoms with Crippen molar-refractivity contribution in [3.63, 3.8) is 0 Å². The molecule has 0 unspecified atom stereocenters. The Morgan fingerprint density at radius 3 is 2.41 bits per heavy atom. The van der Waals surface area contributed by atoms with E-state index in [1.807, 2.05) is 0 Å². The van der Waals surface area contributed by atoms with Crippen LogP contribution in [0.4, 0.5) is 0 Å². The van der Waals surface area contributed by atoms with Crippen LogP contribution in [-0.4, -0.2) is 16.5 Å². The summed E-state index contributed by atoms with van der Waals surface area (Å²) in [6.45, 7) is 6.40. The average Bonchev–Trinajstić information content (AvgIpc) is 2.29. The minimum atomic E-state index is -0.127. The molecule has 1 N–H and O–H groups in total. The van der Waals surface area contributed by atoms with E-state index in [0.717, 1.165) is 0 Å². The molecule has 0 fully saturated rings. The summed E-state index contributed by atoms with van der Waals surface area (Å²) in [6.07, 6.45) is 0. The summed E-state index contributed by atoms with van der Waals surface area (Å²) in [5.41, 5.74) is 1.29. The lowest BCUT2D eigenvalue weighted by molar-refractivity contribution is 0.265. The highest BCUT2D eigenvalue weighted by atomic mass is 32.2. The molecule has 0 saturated heterocycles. The van der Waals surface area contributed by atoms with Gasteiger partial charge in [0.05, 0.1) is 6.61 Å². The third kappa shape index (κ3) is 3.02. The predicted molar refractivity (Wildman–Crippen MR) is 75.7 cm³/mol. The van der Waals surface area contributed by atoms with E-state index < -0.39 is 0 Å². The van der Waals surface area contributed by atoms with Gasteiger partial charge in [-0.05, 0) is 43.7 Å². The van der Waals surface area contributed by atoms with Gasteiger partial charge in [0.1, 0.15) is 0 Å². The zero-order valence-electron chi connectivity index (χ0n) is 10.5. The molecule has 0 bridgehead atoms. The summed E-state index contributed by atoms with van der Waals surface area (Å²) < 4.78 is -0.127. The molecule has 2 aromatic rings. The Labute approximate surface area is 107 Å². The van der Waals surface area contributed by atoms with Crippen LogP contribution in [0.1, 0.15) is 19.4 Å². The van der Waals surface area contributed by atoms with Gasteiger partial charge in [-0.3, -0.25) is 0 Å². The molecule has 0 heterocycles. The van der Waals surface area contributed by atoms with E-state index in [2.05, 4.69) is 57.2 Å². The maximum atomic E-state index is 9.28. The molecule has 0 atom stereocenters. The van der Waals surface area contributed by atoms with Crippen molar-refractivity contribution < 1.29 is 5.11 Å². The standard InChI is InChI=1S/C15H18OS/c1-11-4-5-13-9-14(7-6-12(13)8-11)17-15(2,3)10-16/h4-9,16H,10H2,1-3H3. The maximum absolute atomic E-state index is 9.28. The van der Waals surface area contributed by atoms with Crippen LogP contribution in [-0.2, 0) is 0 Å². The third-order valence-electron chi connectivity index (χ3n) is 2.74. The number of aliphatic hydroxyl groups excluding tert-OH is 1. The van der Waals surface area contributed by atoms with Crippen molar-refractivity contribution in [2.75, 3.05) is 6.61 Å². The Hall–Kier alpha value is -0.990. The molecule has 2 rings (SSSR count). The fourth-order valence-corrected chi connectivity index (χ4v) is 2.78. The SMILES string of the molecule is Cc1ccc2cc(SC(C)(C)CO)ccc2c1. The predicted octanol–water partition coefficient (Wildman–Crippen LogP) is 4.01. The first-order valence-corrected chi connectivity index (χ1v) is 6.62. The zero-order chi connectivity index (χ0) is 12.5. The van der Waals surface area contributed by atoms with E-state index in [-0.39, 0.29) is 11.4 Å². The largest absolute Gasteiger partial charge is 0.395 e. The van der Waals surface area contributed by atoms with Crippen LogP contribution in [0.5, 0.6) is 0 Å². The molecular formula is C15H18OS. The molecule has 0 aliphatic heterocycles. The lowest BCUT2D eigenvalue weighted by Crippen LogP contribution is -2.19. The molecule has 2 heteroatoms. The zero-order valence-corrected chi connectivity index (χ0v) is 11.3. The van der Waals surface area contributed by atoms with Gasteiger partial charge in [0, 0.05) is 9.64 Å². The summed E-state index contributed by atoms with van der Waals surface area (Å²) in [4.78, 5) is 1.21. The topological polar surface area (TPSA) is 20.2 Å². The molecule has 0 saturated carbocycles. The second-order valence-electron chi connectivity index (χ2n) is 5.03. The van der Waals surface area contributed by atoms with Gasteiger partial charge in [-0.15, -0.1) is 11.8 Å². The van der Waals surface area contributed by atoms with E-state index in [4.69, 9.17) is 0 Å². The van der Waals surface area contributed by atoms with Crippen LogP contribution in [0.15, 0.2) is 41.3 Å². The van der Waals surface area contributed by atoms with Crippen molar-refractivity contribution in [3.05, 3.63) is 42.0 Å². The monoisotopic (exact) mass is 246 g/mol. The minimum Gasteiger partial charge on any atom is -0.395 e. The normalized spacial score (nSPS) is 12.0. The molecule has 0 spiro atoms. The molecule has 0 radical (unpaired) electrons. The molecular weight excluding hydrogens is 228 g/mol. The second-order valence-corrected chi connectivity index (χ2v) is 6.81. The Morgan fingerprint density at radius 1 is 1.06 bits per heavy atom. The molecule has 0 aliphatic rings. The molecule has 17 heavy (non-hydrogen) atoms. The van der Waals surface area contributed by atoms with Crippen molar-refractivity contribution in [1.29, 1.82) is 0 Å². The van der Waals surface area contributed by atoms with E-state index in [0.29, 0.717) is 0 Å². The van der Waals surface area contributed by atoms with E-state index in [9.17, 15) is 5.11 Å². The average molecular weight is 246 g/mol. The highest BCUT2D eigenvalue weighted by Gasteiger charge is 2.17. The number of aliphatic hydroxyl groups is 1. The smallest absolute Gasteiger partial charge is 0.0576 e. The van der Waals surface area contributed by atoms with Gasteiger partial charge in [0.15, 0.2) is 0 Å². The van der Waals surface area contributed by atoms with Gasteiger partial charge in [0.2, 0.25) is 0 Å². The molecule has 1 nitrogen and oxygen atoms in total. The summed E-state index contributed by atoms with van der Waals surface area (Å²) in [7, 11) is 0. The summed E-state index contributed by atoms with van der Waals surface area (Å²) >= 11 is 1.71. The quantitative estimate of drug-likeness (QED) is 0.826. The van der Waals surface area contributed by atoms with E-state index >= 15 is 0 Å². The lowest BCUT2D eigenvalue weighted by Gasteiger charge is -2.20. The first-order valence-electron chi connectivity index (χ1n) is 5.80. The summed E-state index contributed by atoms with van der Waals surface area (Å²) in [5, 5.41) is 11.8. The lowest BCUT2D eigenvalue weighted by atomic mass is 10.1. The fourth-order valence-electron chi connectivity index (χ4n) is 1.76. The highest BCUT2D eigenvalue weighted by molar-refractivity contribution is 8.00. The molecule has 0 amide bonds. The molecule has 2 aromatic carbocycles. The van der Waals surface area contributed by atoms with Crippen LogP contribution in [0.25, 0.3) is 10.8 Å². The first kappa shape index (κ1) is 12.5. The van der Waals surface area contributed by atoms with Crippen molar-refractivity contribution in [2.24, 2.45) is 0 Å². The van der Waals surface area contributed by atoms with Crippen LogP contribution in [0.2, 0.25) is 0 Å². The van der Waals surface area contributed by atoms with Crippen LogP contribution in [0, 0.1) is 6.92 Å².